The Hall–Kier alpha value is -2.66. The van der Waals surface area contributed by atoms with E-state index in [4.69, 9.17) is 5.11 Å². The fourth-order valence-electron chi connectivity index (χ4n) is 4.87. The molecule has 5 heteroatoms. The van der Waals surface area contributed by atoms with Crippen molar-refractivity contribution in [2.75, 3.05) is 13.1 Å². The number of rotatable bonds is 6. The van der Waals surface area contributed by atoms with Crippen molar-refractivity contribution in [1.82, 2.24) is 9.80 Å². The SMILES string of the molecule is O=C(O)Cc1ccc(CN2CCCC23CCCN(Cc2ccccc2)C3=O)cc1. The van der Waals surface area contributed by atoms with E-state index in [1.54, 1.807) is 0 Å². The summed E-state index contributed by atoms with van der Waals surface area (Å²) in [4.78, 5) is 28.8. The lowest BCUT2D eigenvalue weighted by Crippen LogP contribution is -2.59. The molecule has 0 aromatic heterocycles. The molecule has 29 heavy (non-hydrogen) atoms. The van der Waals surface area contributed by atoms with Crippen LogP contribution in [0.15, 0.2) is 54.6 Å². The molecule has 1 amide bonds. The summed E-state index contributed by atoms with van der Waals surface area (Å²) in [6, 6.07) is 18.0. The summed E-state index contributed by atoms with van der Waals surface area (Å²) in [5.74, 6) is -0.546. The predicted molar refractivity (Wildman–Crippen MR) is 111 cm³/mol. The Kier molecular flexibility index (Phi) is 5.67. The standard InChI is InChI=1S/C24H28N2O3/c27-22(28)16-19-8-10-21(11-9-19)18-26-15-5-13-24(26)12-4-14-25(23(24)29)17-20-6-2-1-3-7-20/h1-3,6-11H,4-5,12-18H2,(H,27,28). The van der Waals surface area contributed by atoms with Crippen LogP contribution in [0.1, 0.15) is 42.4 Å². The highest BCUT2D eigenvalue weighted by atomic mass is 16.4. The lowest BCUT2D eigenvalue weighted by atomic mass is 9.85. The van der Waals surface area contributed by atoms with Gasteiger partial charge in [0.15, 0.2) is 0 Å². The first-order valence-electron chi connectivity index (χ1n) is 10.4. The zero-order valence-corrected chi connectivity index (χ0v) is 16.7. The Balaban J connectivity index is 1.48. The van der Waals surface area contributed by atoms with Crippen LogP contribution >= 0.6 is 0 Å². The van der Waals surface area contributed by atoms with Gasteiger partial charge in [-0.15, -0.1) is 0 Å². The van der Waals surface area contributed by atoms with Crippen molar-refractivity contribution in [1.29, 1.82) is 0 Å². The smallest absolute Gasteiger partial charge is 0.307 e. The third-order valence-corrected chi connectivity index (χ3v) is 6.30. The first kappa shape index (κ1) is 19.6. The Labute approximate surface area is 171 Å². The molecule has 1 atom stereocenters. The molecule has 152 valence electrons. The molecule has 0 bridgehead atoms. The van der Waals surface area contributed by atoms with Crippen molar-refractivity contribution in [2.45, 2.75) is 50.7 Å². The summed E-state index contributed by atoms with van der Waals surface area (Å²) in [5, 5.41) is 8.94. The Morgan fingerprint density at radius 2 is 1.48 bits per heavy atom. The molecule has 0 radical (unpaired) electrons. The van der Waals surface area contributed by atoms with Gasteiger partial charge in [0.2, 0.25) is 5.91 Å². The van der Waals surface area contributed by atoms with E-state index in [0.717, 1.165) is 56.4 Å². The number of nitrogens with zero attached hydrogens (tertiary/aromatic N) is 2. The Morgan fingerprint density at radius 3 is 2.17 bits per heavy atom. The van der Waals surface area contributed by atoms with E-state index in [0.29, 0.717) is 6.54 Å². The maximum atomic E-state index is 13.5. The van der Waals surface area contributed by atoms with Crippen LogP contribution in [0.3, 0.4) is 0 Å². The van der Waals surface area contributed by atoms with Crippen LogP contribution in [0.2, 0.25) is 0 Å². The summed E-state index contributed by atoms with van der Waals surface area (Å²) in [6.07, 6.45) is 3.97. The second kappa shape index (κ2) is 8.37. The van der Waals surface area contributed by atoms with Gasteiger partial charge in [-0.2, -0.15) is 0 Å². The molecule has 0 saturated carbocycles. The molecule has 5 nitrogen and oxygen atoms in total. The zero-order chi connectivity index (χ0) is 20.3. The minimum Gasteiger partial charge on any atom is -0.481 e. The van der Waals surface area contributed by atoms with E-state index in [2.05, 4.69) is 17.0 Å². The van der Waals surface area contributed by atoms with E-state index in [1.165, 1.54) is 5.56 Å². The minimum absolute atomic E-state index is 0.0425. The number of aliphatic carboxylic acids is 1. The molecular weight excluding hydrogens is 364 g/mol. The van der Waals surface area contributed by atoms with Gasteiger partial charge >= 0.3 is 5.97 Å². The number of amides is 1. The van der Waals surface area contributed by atoms with E-state index in [1.807, 2.05) is 47.4 Å². The van der Waals surface area contributed by atoms with E-state index in [9.17, 15) is 9.59 Å². The van der Waals surface area contributed by atoms with Crippen LogP contribution < -0.4 is 0 Å². The average molecular weight is 392 g/mol. The third-order valence-electron chi connectivity index (χ3n) is 6.30. The summed E-state index contributed by atoms with van der Waals surface area (Å²) in [5.41, 5.74) is 2.73. The Morgan fingerprint density at radius 1 is 0.862 bits per heavy atom. The summed E-state index contributed by atoms with van der Waals surface area (Å²) < 4.78 is 0. The quantitative estimate of drug-likeness (QED) is 0.818. The van der Waals surface area contributed by atoms with Crippen LogP contribution in [0.5, 0.6) is 0 Å². The molecule has 2 saturated heterocycles. The minimum atomic E-state index is -0.817. The molecule has 1 unspecified atom stereocenters. The highest BCUT2D eigenvalue weighted by Gasteiger charge is 2.50. The van der Waals surface area contributed by atoms with Gasteiger partial charge in [0.1, 0.15) is 5.54 Å². The van der Waals surface area contributed by atoms with Gasteiger partial charge in [0.25, 0.3) is 0 Å². The van der Waals surface area contributed by atoms with Gasteiger partial charge in [0.05, 0.1) is 6.42 Å². The van der Waals surface area contributed by atoms with Crippen LogP contribution in [-0.4, -0.2) is 45.4 Å². The molecule has 1 N–H and O–H groups in total. The number of likely N-dealkylation sites (tertiary alicyclic amines) is 2. The zero-order valence-electron chi connectivity index (χ0n) is 16.7. The van der Waals surface area contributed by atoms with Gasteiger partial charge in [-0.3, -0.25) is 14.5 Å². The van der Waals surface area contributed by atoms with Crippen molar-refractivity contribution in [3.05, 3.63) is 71.3 Å². The summed E-state index contributed by atoms with van der Waals surface area (Å²) >= 11 is 0. The normalized spacial score (nSPS) is 22.3. The second-order valence-electron chi connectivity index (χ2n) is 8.26. The van der Waals surface area contributed by atoms with Gasteiger partial charge in [-0.1, -0.05) is 54.6 Å². The lowest BCUT2D eigenvalue weighted by molar-refractivity contribution is -0.148. The van der Waals surface area contributed by atoms with Crippen LogP contribution in [-0.2, 0) is 29.1 Å². The largest absolute Gasteiger partial charge is 0.481 e. The molecule has 2 aliphatic heterocycles. The van der Waals surface area contributed by atoms with Gasteiger partial charge in [-0.25, -0.2) is 0 Å². The number of carbonyl (C=O) groups excluding carboxylic acids is 1. The number of carboxylic acids is 1. The van der Waals surface area contributed by atoms with Crippen molar-refractivity contribution in [3.63, 3.8) is 0 Å². The summed E-state index contributed by atoms with van der Waals surface area (Å²) in [6.45, 7) is 3.17. The molecule has 2 aromatic rings. The highest BCUT2D eigenvalue weighted by Crippen LogP contribution is 2.39. The Bertz CT molecular complexity index is 865. The second-order valence-corrected chi connectivity index (χ2v) is 8.26. The van der Waals surface area contributed by atoms with E-state index >= 15 is 0 Å². The molecule has 2 aromatic carbocycles. The predicted octanol–water partition coefficient (Wildman–Crippen LogP) is 3.47. The number of hydrogen-bond acceptors (Lipinski definition) is 3. The van der Waals surface area contributed by atoms with Gasteiger partial charge in [0, 0.05) is 19.6 Å². The topological polar surface area (TPSA) is 60.9 Å². The number of piperidine rings is 1. The maximum Gasteiger partial charge on any atom is 0.307 e. The van der Waals surface area contributed by atoms with Crippen molar-refractivity contribution in [3.8, 4) is 0 Å². The molecule has 1 spiro atoms. The molecule has 4 rings (SSSR count). The van der Waals surface area contributed by atoms with Crippen LogP contribution in [0.4, 0.5) is 0 Å². The molecular formula is C24H28N2O3. The fraction of sp³-hybridized carbons (Fsp3) is 0.417. The molecule has 0 aliphatic carbocycles. The van der Waals surface area contributed by atoms with E-state index in [-0.39, 0.29) is 17.9 Å². The first-order chi connectivity index (χ1) is 14.1. The fourth-order valence-corrected chi connectivity index (χ4v) is 4.87. The third kappa shape index (κ3) is 4.20. The molecule has 2 aliphatic rings. The number of hydrogen-bond donors (Lipinski definition) is 1. The maximum absolute atomic E-state index is 13.5. The average Bonchev–Trinajstić information content (AvgIpc) is 3.10. The van der Waals surface area contributed by atoms with Crippen molar-refractivity contribution < 1.29 is 14.7 Å². The molecule has 2 heterocycles. The van der Waals surface area contributed by atoms with Gasteiger partial charge < -0.3 is 10.0 Å². The monoisotopic (exact) mass is 392 g/mol. The van der Waals surface area contributed by atoms with Crippen molar-refractivity contribution >= 4 is 11.9 Å². The van der Waals surface area contributed by atoms with Crippen molar-refractivity contribution in [2.24, 2.45) is 0 Å². The van der Waals surface area contributed by atoms with Crippen LogP contribution in [0.25, 0.3) is 0 Å². The molecule has 2 fully saturated rings. The number of carbonyl (C=O) groups is 2. The van der Waals surface area contributed by atoms with Gasteiger partial charge in [-0.05, 0) is 48.9 Å². The first-order valence-corrected chi connectivity index (χ1v) is 10.4. The number of benzene rings is 2. The number of carboxylic acid groups (broad SMARTS) is 1. The lowest BCUT2D eigenvalue weighted by Gasteiger charge is -2.44. The van der Waals surface area contributed by atoms with E-state index < -0.39 is 5.97 Å². The summed E-state index contributed by atoms with van der Waals surface area (Å²) in [7, 11) is 0. The highest BCUT2D eigenvalue weighted by molar-refractivity contribution is 5.87. The van der Waals surface area contributed by atoms with Crippen LogP contribution in [0, 0.1) is 0 Å².